The van der Waals surface area contributed by atoms with E-state index >= 15 is 0 Å². The van der Waals surface area contributed by atoms with Gasteiger partial charge in [0.05, 0.1) is 28.9 Å². The molecule has 0 saturated heterocycles. The third-order valence-electron chi connectivity index (χ3n) is 2.23. The van der Waals surface area contributed by atoms with Crippen LogP contribution in [0.1, 0.15) is 0 Å². The molecule has 3 aromatic rings. The second-order valence-corrected chi connectivity index (χ2v) is 5.06. The Labute approximate surface area is 129 Å². The molecule has 0 bridgehead atoms. The van der Waals surface area contributed by atoms with Crippen LogP contribution in [0.3, 0.4) is 0 Å². The molecule has 0 aliphatic carbocycles. The molecule has 1 N–H and O–H groups in total. The number of hydrogen-bond acceptors (Lipinski definition) is 6. The summed E-state index contributed by atoms with van der Waals surface area (Å²) in [5, 5.41) is 9.78. The molecule has 3 heterocycles. The van der Waals surface area contributed by atoms with Gasteiger partial charge in [-0.05, 0) is 0 Å². The number of aromatic nitrogens is 3. The molecule has 3 rings (SSSR count). The number of pyridine rings is 2. The lowest BCUT2D eigenvalue weighted by Crippen LogP contribution is -1.91. The highest BCUT2D eigenvalue weighted by Gasteiger charge is 2.13. The third-order valence-corrected chi connectivity index (χ3v) is 3.33. The highest BCUT2D eigenvalue weighted by atomic mass is 35.5. The van der Waals surface area contributed by atoms with Crippen molar-refractivity contribution in [1.29, 1.82) is 0 Å². The maximum Gasteiger partial charge on any atom is 0.309 e. The van der Waals surface area contributed by atoms with Gasteiger partial charge < -0.3 is 4.98 Å². The summed E-state index contributed by atoms with van der Waals surface area (Å²) in [6.07, 6.45) is 1.90. The predicted molar refractivity (Wildman–Crippen MR) is 76.1 cm³/mol. The number of hydrogen-bond donors (Lipinski definition) is 1. The Morgan fingerprint density at radius 1 is 1.23 bits per heavy atom. The minimum Gasteiger partial charge on any atom is -0.311 e. The lowest BCUT2D eigenvalue weighted by molar-refractivity contribution is -0.385. The van der Waals surface area contributed by atoms with Crippen molar-refractivity contribution < 1.29 is 13.7 Å². The van der Waals surface area contributed by atoms with Crippen LogP contribution < -0.4 is 4.87 Å². The van der Waals surface area contributed by atoms with Crippen LogP contribution in [0, 0.1) is 21.7 Å². The molecule has 0 aliphatic heterocycles. The van der Waals surface area contributed by atoms with Crippen molar-refractivity contribution in [3.63, 3.8) is 0 Å². The van der Waals surface area contributed by atoms with Gasteiger partial charge >= 0.3 is 10.6 Å². The molecule has 0 spiro atoms. The summed E-state index contributed by atoms with van der Waals surface area (Å²) in [4.78, 5) is 29.7. The van der Waals surface area contributed by atoms with E-state index in [9.17, 15) is 23.7 Å². The van der Waals surface area contributed by atoms with Crippen LogP contribution in [0.15, 0.2) is 29.3 Å². The van der Waals surface area contributed by atoms with E-state index in [2.05, 4.69) is 15.0 Å². The number of nitrogens with one attached hydrogen (secondary N) is 1. The minimum absolute atomic E-state index is 0.210. The van der Waals surface area contributed by atoms with Gasteiger partial charge in [-0.2, -0.15) is 0 Å². The Hall–Kier alpha value is -2.46. The maximum absolute atomic E-state index is 12.5. The Balaban J connectivity index is 0.000000160. The molecule has 0 saturated carbocycles. The first-order valence-electron chi connectivity index (χ1n) is 5.46. The molecule has 0 aliphatic rings. The number of fused-ring (bicyclic) bond motifs is 1. The second kappa shape index (κ2) is 6.54. The molecular formula is C11H5ClF2N4O3S. The average Bonchev–Trinajstić information content (AvgIpc) is 2.81. The number of thiazole rings is 1. The number of H-pyrrole nitrogens is 1. The molecule has 22 heavy (non-hydrogen) atoms. The molecular weight excluding hydrogens is 342 g/mol. The fourth-order valence-electron chi connectivity index (χ4n) is 1.36. The molecule has 0 radical (unpaired) electrons. The summed E-state index contributed by atoms with van der Waals surface area (Å²) in [5.74, 6) is -1.22. The zero-order valence-electron chi connectivity index (χ0n) is 10.4. The van der Waals surface area contributed by atoms with E-state index in [0.29, 0.717) is 10.3 Å². The van der Waals surface area contributed by atoms with Gasteiger partial charge in [0.15, 0.2) is 0 Å². The number of nitrogens with zero attached hydrogens (tertiary/aromatic N) is 3. The molecule has 0 amide bonds. The molecule has 0 unspecified atom stereocenters. The van der Waals surface area contributed by atoms with Crippen molar-refractivity contribution in [3.8, 4) is 0 Å². The number of nitro groups is 1. The summed E-state index contributed by atoms with van der Waals surface area (Å²) >= 11 is 6.24. The number of halogens is 3. The zero-order valence-corrected chi connectivity index (χ0v) is 12.0. The standard InChI is InChI=1S/C6H3FN2OS.C5H2ClFN2O2/c7-3-1-4-5(8-2-3)11-6(10)9-4;6-5-4(9(10)11)1-3(7)2-8-5/h1-2H,(H,9,10);1-2H. The van der Waals surface area contributed by atoms with Crippen LogP contribution >= 0.6 is 22.9 Å². The largest absolute Gasteiger partial charge is 0.311 e. The normalized spacial score (nSPS) is 10.1. The lowest BCUT2D eigenvalue weighted by Gasteiger charge is -1.92. The Kier molecular flexibility index (Phi) is 4.73. The van der Waals surface area contributed by atoms with Gasteiger partial charge in [-0.3, -0.25) is 14.9 Å². The van der Waals surface area contributed by atoms with E-state index in [1.807, 2.05) is 0 Å². The number of aromatic amines is 1. The van der Waals surface area contributed by atoms with Crippen LogP contribution in [0.2, 0.25) is 5.15 Å². The first-order chi connectivity index (χ1) is 10.4. The Morgan fingerprint density at radius 3 is 2.50 bits per heavy atom. The average molecular weight is 347 g/mol. The van der Waals surface area contributed by atoms with Crippen LogP contribution in [0.5, 0.6) is 0 Å². The molecule has 3 aromatic heterocycles. The van der Waals surface area contributed by atoms with Gasteiger partial charge in [0.25, 0.3) is 0 Å². The van der Waals surface area contributed by atoms with Crippen molar-refractivity contribution in [1.82, 2.24) is 15.0 Å². The molecule has 0 atom stereocenters. The van der Waals surface area contributed by atoms with Gasteiger partial charge in [-0.1, -0.05) is 22.9 Å². The zero-order chi connectivity index (χ0) is 16.3. The van der Waals surface area contributed by atoms with E-state index in [4.69, 9.17) is 11.6 Å². The van der Waals surface area contributed by atoms with Crippen molar-refractivity contribution in [2.75, 3.05) is 0 Å². The fourth-order valence-corrected chi connectivity index (χ4v) is 2.20. The second-order valence-electron chi connectivity index (χ2n) is 3.74. The van der Waals surface area contributed by atoms with Crippen LogP contribution in [0.25, 0.3) is 10.3 Å². The minimum atomic E-state index is -0.793. The molecule has 11 heteroatoms. The maximum atomic E-state index is 12.5. The van der Waals surface area contributed by atoms with E-state index in [1.165, 1.54) is 6.07 Å². The monoisotopic (exact) mass is 346 g/mol. The van der Waals surface area contributed by atoms with Crippen LogP contribution in [-0.2, 0) is 0 Å². The number of rotatable bonds is 1. The van der Waals surface area contributed by atoms with Crippen molar-refractivity contribution in [2.24, 2.45) is 0 Å². The highest BCUT2D eigenvalue weighted by Crippen LogP contribution is 2.21. The lowest BCUT2D eigenvalue weighted by atomic mass is 10.4. The topological polar surface area (TPSA) is 102 Å². The van der Waals surface area contributed by atoms with Gasteiger partial charge in [-0.25, -0.2) is 18.7 Å². The van der Waals surface area contributed by atoms with Crippen LogP contribution in [-0.4, -0.2) is 19.9 Å². The van der Waals surface area contributed by atoms with Crippen molar-refractivity contribution >= 4 is 39.0 Å². The van der Waals surface area contributed by atoms with E-state index in [0.717, 1.165) is 29.8 Å². The smallest absolute Gasteiger partial charge is 0.309 e. The molecule has 7 nitrogen and oxygen atoms in total. The third kappa shape index (κ3) is 3.80. The van der Waals surface area contributed by atoms with E-state index < -0.39 is 22.2 Å². The SMILES string of the molecule is O=[N+]([O-])c1cc(F)cnc1Cl.O=c1[nH]c2cc(F)cnc2s1. The Bertz CT molecular complexity index is 898. The quantitative estimate of drug-likeness (QED) is 0.414. The molecule has 114 valence electrons. The van der Waals surface area contributed by atoms with E-state index in [-0.39, 0.29) is 10.0 Å². The molecule has 0 fully saturated rings. The van der Waals surface area contributed by atoms with Gasteiger partial charge in [-0.15, -0.1) is 0 Å². The van der Waals surface area contributed by atoms with Crippen molar-refractivity contribution in [3.05, 3.63) is 61.1 Å². The van der Waals surface area contributed by atoms with Crippen LogP contribution in [0.4, 0.5) is 14.5 Å². The van der Waals surface area contributed by atoms with E-state index in [1.54, 1.807) is 0 Å². The van der Waals surface area contributed by atoms with Crippen molar-refractivity contribution in [2.45, 2.75) is 0 Å². The summed E-state index contributed by atoms with van der Waals surface area (Å²) in [6.45, 7) is 0. The van der Waals surface area contributed by atoms with Gasteiger partial charge in [0.1, 0.15) is 16.5 Å². The summed E-state index contributed by atoms with van der Waals surface area (Å²) < 4.78 is 24.7. The van der Waals surface area contributed by atoms with Gasteiger partial charge in [0.2, 0.25) is 5.15 Å². The molecule has 0 aromatic carbocycles. The summed E-state index contributed by atoms with van der Waals surface area (Å²) in [7, 11) is 0. The first-order valence-corrected chi connectivity index (χ1v) is 6.66. The first kappa shape index (κ1) is 15.9. The predicted octanol–water partition coefficient (Wildman–Crippen LogP) is 2.91. The summed E-state index contributed by atoms with van der Waals surface area (Å²) in [5.41, 5.74) is -0.0633. The summed E-state index contributed by atoms with van der Waals surface area (Å²) in [6, 6.07) is 1.97. The highest BCUT2D eigenvalue weighted by molar-refractivity contribution is 7.15. The van der Waals surface area contributed by atoms with Gasteiger partial charge in [0, 0.05) is 6.07 Å². The fraction of sp³-hybridized carbons (Fsp3) is 0. The Morgan fingerprint density at radius 2 is 1.86 bits per heavy atom.